The lowest BCUT2D eigenvalue weighted by Crippen LogP contribution is -2.45. The summed E-state index contributed by atoms with van der Waals surface area (Å²) in [6.45, 7) is 6.11. The van der Waals surface area contributed by atoms with E-state index in [4.69, 9.17) is 49.3 Å². The first kappa shape index (κ1) is 44.5. The number of hydrogen-bond acceptors (Lipinski definition) is 8. The second-order valence-electron chi connectivity index (χ2n) is 18.0. The number of carbonyl (C=O) groups is 2. The van der Waals surface area contributed by atoms with Gasteiger partial charge in [0.1, 0.15) is 30.0 Å². The van der Waals surface area contributed by atoms with Crippen LogP contribution in [0.2, 0.25) is 15.1 Å². The molecule has 3 heterocycles. The van der Waals surface area contributed by atoms with Crippen molar-refractivity contribution in [2.24, 2.45) is 22.7 Å². The largest absolute Gasteiger partial charge is 0.508 e. The Morgan fingerprint density at radius 2 is 1.40 bits per heavy atom. The van der Waals surface area contributed by atoms with Gasteiger partial charge in [-0.15, -0.1) is 0 Å². The lowest BCUT2D eigenvalue weighted by Gasteiger charge is -2.48. The van der Waals surface area contributed by atoms with E-state index in [1.807, 2.05) is 55.5 Å². The Hall–Kier alpha value is -4.06. The van der Waals surface area contributed by atoms with Crippen LogP contribution in [0.1, 0.15) is 112 Å². The Morgan fingerprint density at radius 3 is 2.02 bits per heavy atom. The molecule has 2 saturated carbocycles. The summed E-state index contributed by atoms with van der Waals surface area (Å²) in [7, 11) is 0. The van der Waals surface area contributed by atoms with E-state index in [-0.39, 0.29) is 85.0 Å². The van der Waals surface area contributed by atoms with Crippen molar-refractivity contribution in [3.8, 4) is 17.2 Å². The number of halogens is 3. The molecule has 1 aromatic heterocycles. The van der Waals surface area contributed by atoms with Crippen LogP contribution in [0.25, 0.3) is 0 Å². The molecule has 1 unspecified atom stereocenters. The first-order chi connectivity index (χ1) is 29.8. The van der Waals surface area contributed by atoms with Crippen LogP contribution >= 0.6 is 34.8 Å². The third-order valence-electron chi connectivity index (χ3n) is 14.9. The Bertz CT molecular complexity index is 2260. The van der Waals surface area contributed by atoms with E-state index in [9.17, 15) is 24.9 Å². The van der Waals surface area contributed by atoms with Crippen LogP contribution in [0.3, 0.4) is 0 Å². The van der Waals surface area contributed by atoms with E-state index in [0.717, 1.165) is 41.6 Å². The number of aromatic nitrogens is 1. The number of phenols is 1. The number of aliphatic hydroxyl groups excluding tert-OH is 2. The summed E-state index contributed by atoms with van der Waals surface area (Å²) in [6, 6.07) is 22.4. The van der Waals surface area contributed by atoms with Crippen molar-refractivity contribution < 1.29 is 34.4 Å². The summed E-state index contributed by atoms with van der Waals surface area (Å²) >= 11 is 20.1. The van der Waals surface area contributed by atoms with Gasteiger partial charge < -0.3 is 35.4 Å². The Kier molecular flexibility index (Phi) is 13.1. The number of nitrogens with one attached hydrogen (secondary N) is 2. The summed E-state index contributed by atoms with van der Waals surface area (Å²) in [6.07, 6.45) is 5.53. The molecule has 0 spiro atoms. The van der Waals surface area contributed by atoms with Crippen molar-refractivity contribution in [3.05, 3.63) is 116 Å². The van der Waals surface area contributed by atoms with Gasteiger partial charge in [0, 0.05) is 51.8 Å². The van der Waals surface area contributed by atoms with Gasteiger partial charge in [-0.2, -0.15) is 0 Å². The minimum atomic E-state index is -0.748. The number of nitrogens with zero attached hydrogens (tertiary/aromatic N) is 1. The first-order valence-corrected chi connectivity index (χ1v) is 23.1. The van der Waals surface area contributed by atoms with Crippen LogP contribution in [0.5, 0.6) is 17.2 Å². The Balaban J connectivity index is 1.05. The standard InChI is InChI=1S/C49H56Cl3N3O7/c1-4-48-19-16-37(36-13-11-33(24-40(36)52)61-22-21-56)42(44(48)27(2)54-46(48)59)29-5-9-32(10-6-29)62-34(26-57)15-18-49-20-17-38(35-12-8-31(58)23-39(35)51)43(41-14-7-30(50)25-53-41)45(49)28(3)55-47(49)60/h5-14,23-25,27-28,34,37-38,42-45,56-58H,4,15-22,26H2,1-3H3,(H,54,59)(H,55,60)/t27-,28-,34?,37+,38+,42+,43-,44+,45+,48-,49-/m1/s1. The molecule has 2 saturated heterocycles. The minimum absolute atomic E-state index is 0.00279. The molecule has 2 amide bonds. The molecule has 5 N–H and O–H groups in total. The maximum atomic E-state index is 14.2. The molecule has 11 atom stereocenters. The fourth-order valence-corrected chi connectivity index (χ4v) is 13.0. The summed E-state index contributed by atoms with van der Waals surface area (Å²) < 4.78 is 12.2. The molecule has 2 aliphatic heterocycles. The SMILES string of the molecule is CC[C@@]12CC[C@@H](c3ccc(OCCO)cc3Cl)[C@H](c3ccc(OC(CO)CC[C@@]45CC[C@@H](c6ccc(O)cc6Cl)[C@H](c6ccc(Cl)cn6)[C@@H]4[C@@H](C)NC5=O)cc3)[C@@H]1[C@@H](C)NC2=O. The van der Waals surface area contributed by atoms with Gasteiger partial charge in [0.2, 0.25) is 11.8 Å². The topological polar surface area (TPSA) is 150 Å². The van der Waals surface area contributed by atoms with Crippen LogP contribution in [0, 0.1) is 22.7 Å². The third kappa shape index (κ3) is 8.04. The van der Waals surface area contributed by atoms with Crippen molar-refractivity contribution in [1.82, 2.24) is 15.6 Å². The van der Waals surface area contributed by atoms with Gasteiger partial charge in [0.05, 0.1) is 29.1 Å². The molecule has 8 rings (SSSR count). The zero-order valence-electron chi connectivity index (χ0n) is 35.3. The molecule has 4 aromatic rings. The zero-order valence-corrected chi connectivity index (χ0v) is 37.6. The van der Waals surface area contributed by atoms with E-state index < -0.39 is 16.9 Å². The van der Waals surface area contributed by atoms with Crippen LogP contribution in [-0.2, 0) is 9.59 Å². The van der Waals surface area contributed by atoms with Gasteiger partial charge in [-0.25, -0.2) is 0 Å². The van der Waals surface area contributed by atoms with E-state index in [0.29, 0.717) is 52.3 Å². The second kappa shape index (κ2) is 18.2. The number of carbonyl (C=O) groups excluding carboxylic acids is 2. The molecule has 3 aromatic carbocycles. The van der Waals surface area contributed by atoms with Crippen LogP contribution in [0.15, 0.2) is 79.0 Å². The molecule has 330 valence electrons. The molecule has 0 bridgehead atoms. The maximum absolute atomic E-state index is 14.2. The van der Waals surface area contributed by atoms with E-state index >= 15 is 0 Å². The van der Waals surface area contributed by atoms with E-state index in [1.165, 1.54) is 0 Å². The first-order valence-electron chi connectivity index (χ1n) is 22.0. The molecular formula is C49H56Cl3N3O7. The molecule has 4 aliphatic rings. The van der Waals surface area contributed by atoms with Crippen LogP contribution in [-0.4, -0.2) is 70.1 Å². The average molecular weight is 905 g/mol. The molecule has 62 heavy (non-hydrogen) atoms. The van der Waals surface area contributed by atoms with Crippen molar-refractivity contribution >= 4 is 46.6 Å². The summed E-state index contributed by atoms with van der Waals surface area (Å²) in [5, 5.41) is 38.3. The van der Waals surface area contributed by atoms with Crippen molar-refractivity contribution in [3.63, 3.8) is 0 Å². The number of amides is 2. The second-order valence-corrected chi connectivity index (χ2v) is 19.2. The van der Waals surface area contributed by atoms with Crippen LogP contribution in [0.4, 0.5) is 0 Å². The fraction of sp³-hybridized carbons (Fsp3) is 0.490. The molecule has 2 aliphatic carbocycles. The summed E-state index contributed by atoms with van der Waals surface area (Å²) in [5.41, 5.74) is 2.57. The minimum Gasteiger partial charge on any atom is -0.508 e. The average Bonchev–Trinajstić information content (AvgIpc) is 3.68. The van der Waals surface area contributed by atoms with Crippen molar-refractivity contribution in [2.45, 2.75) is 108 Å². The summed E-state index contributed by atoms with van der Waals surface area (Å²) in [5.74, 6) is 1.02. The predicted octanol–water partition coefficient (Wildman–Crippen LogP) is 9.31. The highest BCUT2D eigenvalue weighted by molar-refractivity contribution is 6.32. The Morgan fingerprint density at radius 1 is 0.790 bits per heavy atom. The highest BCUT2D eigenvalue weighted by Gasteiger charge is 2.61. The molecule has 0 radical (unpaired) electrons. The number of aliphatic hydroxyl groups is 2. The van der Waals surface area contributed by atoms with Gasteiger partial charge in [-0.05, 0) is 142 Å². The molecule has 13 heteroatoms. The molecule has 4 fully saturated rings. The van der Waals surface area contributed by atoms with Gasteiger partial charge in [-0.3, -0.25) is 14.6 Å². The zero-order chi connectivity index (χ0) is 43.9. The number of rotatable bonds is 14. The number of pyridine rings is 1. The monoisotopic (exact) mass is 903 g/mol. The number of benzene rings is 3. The number of hydrogen-bond donors (Lipinski definition) is 5. The summed E-state index contributed by atoms with van der Waals surface area (Å²) in [4.78, 5) is 32.6. The maximum Gasteiger partial charge on any atom is 0.226 e. The van der Waals surface area contributed by atoms with Crippen molar-refractivity contribution in [2.75, 3.05) is 19.8 Å². The lowest BCUT2D eigenvalue weighted by atomic mass is 9.54. The lowest BCUT2D eigenvalue weighted by molar-refractivity contribution is -0.132. The van der Waals surface area contributed by atoms with E-state index in [2.05, 4.69) is 36.6 Å². The highest BCUT2D eigenvalue weighted by atomic mass is 35.5. The normalized spacial score (nSPS) is 30.8. The smallest absolute Gasteiger partial charge is 0.226 e. The van der Waals surface area contributed by atoms with Gasteiger partial charge in [0.25, 0.3) is 0 Å². The predicted molar refractivity (Wildman–Crippen MR) is 240 cm³/mol. The van der Waals surface area contributed by atoms with E-state index in [1.54, 1.807) is 18.3 Å². The van der Waals surface area contributed by atoms with Gasteiger partial charge in [-0.1, -0.05) is 66.0 Å². The number of fused-ring (bicyclic) bond motifs is 2. The molecular weight excluding hydrogens is 849 g/mol. The third-order valence-corrected chi connectivity index (χ3v) is 15.8. The van der Waals surface area contributed by atoms with Crippen LogP contribution < -0.4 is 20.1 Å². The van der Waals surface area contributed by atoms with Crippen molar-refractivity contribution in [1.29, 1.82) is 0 Å². The number of ether oxygens (including phenoxy) is 2. The highest BCUT2D eigenvalue weighted by Crippen LogP contribution is 2.62. The number of phenolic OH excluding ortho intramolecular Hbond substituents is 1. The van der Waals surface area contributed by atoms with Gasteiger partial charge >= 0.3 is 0 Å². The quantitative estimate of drug-likeness (QED) is 0.0841. The van der Waals surface area contributed by atoms with Gasteiger partial charge in [0.15, 0.2) is 0 Å². The molecule has 10 nitrogen and oxygen atoms in total. The Labute approximate surface area is 378 Å². The number of aromatic hydroxyl groups is 1. The fourth-order valence-electron chi connectivity index (χ4n) is 12.2.